The van der Waals surface area contributed by atoms with E-state index in [9.17, 15) is 4.79 Å². The first kappa shape index (κ1) is 18.9. The number of para-hydroxylation sites is 1. The van der Waals surface area contributed by atoms with Gasteiger partial charge in [0.2, 0.25) is 5.76 Å². The van der Waals surface area contributed by atoms with Crippen LogP contribution in [0.3, 0.4) is 0 Å². The number of fused-ring (bicyclic) bond motifs is 1. The highest BCUT2D eigenvalue weighted by atomic mass is 16.5. The average Bonchev–Trinajstić information content (AvgIpc) is 3.03. The fourth-order valence-corrected chi connectivity index (χ4v) is 3.61. The predicted molar refractivity (Wildman–Crippen MR) is 111 cm³/mol. The van der Waals surface area contributed by atoms with Gasteiger partial charge in [0.05, 0.1) is 17.6 Å². The van der Waals surface area contributed by atoms with Crippen LogP contribution in [0.5, 0.6) is 5.75 Å². The third kappa shape index (κ3) is 4.06. The van der Waals surface area contributed by atoms with Crippen LogP contribution in [0, 0.1) is 12.3 Å². The zero-order chi connectivity index (χ0) is 20.4. The van der Waals surface area contributed by atoms with Gasteiger partial charge in [-0.05, 0) is 43.0 Å². The van der Waals surface area contributed by atoms with Gasteiger partial charge < -0.3 is 9.15 Å². The summed E-state index contributed by atoms with van der Waals surface area (Å²) in [6.45, 7) is 6.21. The van der Waals surface area contributed by atoms with E-state index in [1.54, 1.807) is 18.3 Å². The molecule has 0 saturated carbocycles. The summed E-state index contributed by atoms with van der Waals surface area (Å²) in [5.41, 5.74) is 6.52. The fraction of sp³-hybridized carbons (Fsp3) is 0.261. The molecule has 1 aromatic carbocycles. The van der Waals surface area contributed by atoms with Crippen molar-refractivity contribution in [3.63, 3.8) is 0 Å². The maximum Gasteiger partial charge on any atom is 0.379 e. The molecule has 0 atom stereocenters. The summed E-state index contributed by atoms with van der Waals surface area (Å²) < 4.78 is 11.4. The molecule has 0 spiro atoms. The second kappa shape index (κ2) is 7.54. The Balaban J connectivity index is 1.67. The highest BCUT2D eigenvalue weighted by molar-refractivity contribution is 6.06. The molecule has 3 aromatic rings. The summed E-state index contributed by atoms with van der Waals surface area (Å²) in [7, 11) is 0. The van der Waals surface area contributed by atoms with E-state index in [4.69, 9.17) is 9.15 Å². The van der Waals surface area contributed by atoms with E-state index in [2.05, 4.69) is 29.4 Å². The second-order valence-corrected chi connectivity index (χ2v) is 7.99. The highest BCUT2D eigenvalue weighted by Gasteiger charge is 2.36. The molecule has 148 valence electrons. The number of hydrazone groups is 1. The van der Waals surface area contributed by atoms with E-state index >= 15 is 0 Å². The molecule has 1 N–H and O–H groups in total. The smallest absolute Gasteiger partial charge is 0.379 e. The summed E-state index contributed by atoms with van der Waals surface area (Å²) in [6.07, 6.45) is 4.62. The number of aromatic nitrogens is 1. The van der Waals surface area contributed by atoms with E-state index < -0.39 is 5.97 Å². The third-order valence-electron chi connectivity index (χ3n) is 4.92. The number of esters is 1. The van der Waals surface area contributed by atoms with Crippen molar-refractivity contribution in [2.45, 2.75) is 33.6 Å². The largest absolute Gasteiger partial charge is 0.453 e. The molecule has 0 unspecified atom stereocenters. The lowest BCUT2D eigenvalue weighted by molar-refractivity contribution is 0.0696. The standard InChI is InChI=1S/C23H23N3O3/c1-15-20-18(26-25-16-8-5-4-6-9-16)12-23(2,3)13-19(20)29-21(15)22(27)28-17-10-7-11-24-14-17/h4-11,14,25H,12-13H2,1-3H3/b26-18-. The molecule has 6 heteroatoms. The van der Waals surface area contributed by atoms with Gasteiger partial charge in [-0.1, -0.05) is 32.0 Å². The first-order valence-corrected chi connectivity index (χ1v) is 9.55. The van der Waals surface area contributed by atoms with Gasteiger partial charge in [0, 0.05) is 23.7 Å². The maximum atomic E-state index is 12.7. The summed E-state index contributed by atoms with van der Waals surface area (Å²) in [5, 5.41) is 4.65. The summed E-state index contributed by atoms with van der Waals surface area (Å²) >= 11 is 0. The van der Waals surface area contributed by atoms with Gasteiger partial charge in [-0.2, -0.15) is 5.10 Å². The number of nitrogens with one attached hydrogen (secondary N) is 1. The van der Waals surface area contributed by atoms with Crippen molar-refractivity contribution in [2.75, 3.05) is 5.43 Å². The normalized spacial score (nSPS) is 16.3. The van der Waals surface area contributed by atoms with Crippen molar-refractivity contribution in [2.24, 2.45) is 10.5 Å². The number of rotatable bonds is 4. The number of hydrogen-bond acceptors (Lipinski definition) is 6. The van der Waals surface area contributed by atoms with Crippen LogP contribution in [0.25, 0.3) is 0 Å². The fourth-order valence-electron chi connectivity index (χ4n) is 3.61. The zero-order valence-electron chi connectivity index (χ0n) is 16.7. The number of benzene rings is 1. The Morgan fingerprint density at radius 2 is 1.97 bits per heavy atom. The number of carbonyl (C=O) groups is 1. The molecule has 4 rings (SSSR count). The average molecular weight is 389 g/mol. The van der Waals surface area contributed by atoms with Gasteiger partial charge in [-0.3, -0.25) is 10.4 Å². The predicted octanol–water partition coefficient (Wildman–Crippen LogP) is 4.99. The van der Waals surface area contributed by atoms with Crippen molar-refractivity contribution >= 4 is 17.4 Å². The first-order valence-electron chi connectivity index (χ1n) is 9.55. The van der Waals surface area contributed by atoms with Crippen LogP contribution >= 0.6 is 0 Å². The minimum absolute atomic E-state index is 0.0288. The third-order valence-corrected chi connectivity index (χ3v) is 4.92. The van der Waals surface area contributed by atoms with E-state index in [0.717, 1.165) is 41.1 Å². The van der Waals surface area contributed by atoms with E-state index in [-0.39, 0.29) is 11.2 Å². The molecule has 0 fully saturated rings. The van der Waals surface area contributed by atoms with Crippen LogP contribution in [0.1, 0.15) is 47.7 Å². The molecule has 1 aliphatic carbocycles. The SMILES string of the molecule is Cc1c(C(=O)Oc2cccnc2)oc2c1/C(=N\Nc1ccccc1)CC(C)(C)C2. The van der Waals surface area contributed by atoms with Crippen molar-refractivity contribution in [1.29, 1.82) is 0 Å². The van der Waals surface area contributed by atoms with Crippen LogP contribution in [-0.2, 0) is 6.42 Å². The van der Waals surface area contributed by atoms with E-state index in [1.165, 1.54) is 6.20 Å². The molecule has 0 aliphatic heterocycles. The van der Waals surface area contributed by atoms with E-state index in [0.29, 0.717) is 5.75 Å². The number of nitrogens with zero attached hydrogens (tertiary/aromatic N) is 2. The van der Waals surface area contributed by atoms with Gasteiger partial charge in [-0.15, -0.1) is 0 Å². The van der Waals surface area contributed by atoms with Crippen molar-refractivity contribution < 1.29 is 13.9 Å². The number of ether oxygens (including phenoxy) is 1. The van der Waals surface area contributed by atoms with E-state index in [1.807, 2.05) is 37.3 Å². The minimum atomic E-state index is -0.530. The molecule has 6 nitrogen and oxygen atoms in total. The zero-order valence-corrected chi connectivity index (χ0v) is 16.7. The molecule has 2 heterocycles. The lowest BCUT2D eigenvalue weighted by atomic mass is 9.75. The second-order valence-electron chi connectivity index (χ2n) is 7.99. The highest BCUT2D eigenvalue weighted by Crippen LogP contribution is 2.39. The van der Waals surface area contributed by atoms with Crippen LogP contribution in [-0.4, -0.2) is 16.7 Å². The van der Waals surface area contributed by atoms with Gasteiger partial charge in [0.25, 0.3) is 0 Å². The summed E-state index contributed by atoms with van der Waals surface area (Å²) in [5.74, 6) is 0.832. The number of carbonyl (C=O) groups excluding carboxylic acids is 1. The molecule has 29 heavy (non-hydrogen) atoms. The summed E-state index contributed by atoms with van der Waals surface area (Å²) in [6, 6.07) is 13.2. The van der Waals surface area contributed by atoms with Crippen LogP contribution < -0.4 is 10.2 Å². The lowest BCUT2D eigenvalue weighted by Crippen LogP contribution is -2.27. The molecular weight excluding hydrogens is 366 g/mol. The van der Waals surface area contributed by atoms with Crippen molar-refractivity contribution in [1.82, 2.24) is 4.98 Å². The molecule has 1 aliphatic rings. The van der Waals surface area contributed by atoms with Crippen molar-refractivity contribution in [3.05, 3.63) is 77.5 Å². The molecular formula is C23H23N3O3. The van der Waals surface area contributed by atoms with Crippen LogP contribution in [0.2, 0.25) is 0 Å². The number of pyridine rings is 1. The Morgan fingerprint density at radius 1 is 1.17 bits per heavy atom. The first-order chi connectivity index (χ1) is 13.9. The summed E-state index contributed by atoms with van der Waals surface area (Å²) in [4.78, 5) is 16.7. The molecule has 0 bridgehead atoms. The molecule has 0 amide bonds. The number of anilines is 1. The van der Waals surface area contributed by atoms with Gasteiger partial charge in [0.15, 0.2) is 0 Å². The van der Waals surface area contributed by atoms with Crippen LogP contribution in [0.15, 0.2) is 64.4 Å². The van der Waals surface area contributed by atoms with Crippen molar-refractivity contribution in [3.8, 4) is 5.75 Å². The molecule has 0 radical (unpaired) electrons. The lowest BCUT2D eigenvalue weighted by Gasteiger charge is -2.29. The molecule has 0 saturated heterocycles. The van der Waals surface area contributed by atoms with Gasteiger partial charge in [-0.25, -0.2) is 4.79 Å². The van der Waals surface area contributed by atoms with Gasteiger partial charge in [0.1, 0.15) is 11.5 Å². The van der Waals surface area contributed by atoms with Crippen LogP contribution in [0.4, 0.5) is 5.69 Å². The maximum absolute atomic E-state index is 12.7. The Morgan fingerprint density at radius 3 is 2.69 bits per heavy atom. The quantitative estimate of drug-likeness (QED) is 0.502. The minimum Gasteiger partial charge on any atom is -0.453 e. The Bertz CT molecular complexity index is 1050. The number of furan rings is 1. The number of hydrogen-bond donors (Lipinski definition) is 1. The Labute approximate surface area is 169 Å². The van der Waals surface area contributed by atoms with Gasteiger partial charge >= 0.3 is 5.97 Å². The molecule has 2 aromatic heterocycles. The Kier molecular flexibility index (Phi) is 4.92. The Hall–Kier alpha value is -3.41. The monoisotopic (exact) mass is 389 g/mol. The topological polar surface area (TPSA) is 76.7 Å².